The summed E-state index contributed by atoms with van der Waals surface area (Å²) >= 11 is 12.0. The third-order valence-electron chi connectivity index (χ3n) is 4.42. The van der Waals surface area contributed by atoms with E-state index in [1.54, 1.807) is 6.92 Å². The number of halogens is 2. The first-order chi connectivity index (χ1) is 14.0. The van der Waals surface area contributed by atoms with Crippen LogP contribution in [-0.2, 0) is 26.2 Å². The molecule has 0 bridgehead atoms. The molecule has 0 spiro atoms. The van der Waals surface area contributed by atoms with Crippen LogP contribution in [0.2, 0.25) is 10.0 Å². The quantitative estimate of drug-likeness (QED) is 0.640. The van der Waals surface area contributed by atoms with Gasteiger partial charge in [-0.15, -0.1) is 0 Å². The third kappa shape index (κ3) is 6.35. The summed E-state index contributed by atoms with van der Waals surface area (Å²) in [7, 11) is -2.36. The number of carbonyl (C=O) groups is 2. The van der Waals surface area contributed by atoms with Crippen molar-refractivity contribution in [1.29, 1.82) is 0 Å². The summed E-state index contributed by atoms with van der Waals surface area (Å²) in [6, 6.07) is 12.6. The van der Waals surface area contributed by atoms with Crippen molar-refractivity contribution in [2.75, 3.05) is 24.2 Å². The van der Waals surface area contributed by atoms with E-state index in [9.17, 15) is 18.0 Å². The lowest BCUT2D eigenvalue weighted by molar-refractivity contribution is -0.139. The lowest BCUT2D eigenvalue weighted by Crippen LogP contribution is -2.50. The monoisotopic (exact) mass is 471 g/mol. The highest BCUT2D eigenvalue weighted by Crippen LogP contribution is 2.27. The number of sulfonamides is 1. The minimum absolute atomic E-state index is 0.141. The molecule has 0 aromatic heterocycles. The van der Waals surface area contributed by atoms with Crippen LogP contribution in [0, 0.1) is 0 Å². The van der Waals surface area contributed by atoms with Gasteiger partial charge in [0, 0.05) is 23.6 Å². The van der Waals surface area contributed by atoms with E-state index in [-0.39, 0.29) is 28.2 Å². The molecular weight excluding hydrogens is 449 g/mol. The molecule has 0 saturated carbocycles. The van der Waals surface area contributed by atoms with E-state index in [0.717, 1.165) is 16.1 Å². The van der Waals surface area contributed by atoms with Gasteiger partial charge in [0.25, 0.3) is 0 Å². The van der Waals surface area contributed by atoms with Crippen molar-refractivity contribution in [1.82, 2.24) is 10.2 Å². The normalized spacial score (nSPS) is 12.2. The Hall–Kier alpha value is -2.29. The smallest absolute Gasteiger partial charge is 0.244 e. The lowest BCUT2D eigenvalue weighted by atomic mass is 10.1. The highest BCUT2D eigenvalue weighted by molar-refractivity contribution is 7.92. The van der Waals surface area contributed by atoms with Gasteiger partial charge in [0.15, 0.2) is 0 Å². The van der Waals surface area contributed by atoms with Gasteiger partial charge in [0.1, 0.15) is 12.6 Å². The second-order valence-electron chi connectivity index (χ2n) is 6.69. The van der Waals surface area contributed by atoms with Gasteiger partial charge in [0.05, 0.1) is 11.9 Å². The maximum Gasteiger partial charge on any atom is 0.244 e. The highest BCUT2D eigenvalue weighted by Gasteiger charge is 2.29. The van der Waals surface area contributed by atoms with Crippen molar-refractivity contribution in [3.05, 3.63) is 64.1 Å². The zero-order valence-electron chi connectivity index (χ0n) is 16.8. The number of anilines is 1. The molecule has 0 unspecified atom stereocenters. The van der Waals surface area contributed by atoms with E-state index < -0.39 is 28.5 Å². The molecule has 2 aromatic carbocycles. The van der Waals surface area contributed by atoms with Crippen molar-refractivity contribution in [3.63, 3.8) is 0 Å². The van der Waals surface area contributed by atoms with Crippen molar-refractivity contribution in [2.24, 2.45) is 0 Å². The number of nitrogens with zero attached hydrogens (tertiary/aromatic N) is 2. The zero-order chi connectivity index (χ0) is 22.5. The second kappa shape index (κ2) is 10.1. The molecule has 1 N–H and O–H groups in total. The molecule has 7 nitrogen and oxygen atoms in total. The summed E-state index contributed by atoms with van der Waals surface area (Å²) in [5.41, 5.74) is 0.967. The number of benzene rings is 2. The number of hydrogen-bond acceptors (Lipinski definition) is 4. The van der Waals surface area contributed by atoms with E-state index in [1.807, 2.05) is 30.3 Å². The van der Waals surface area contributed by atoms with E-state index in [4.69, 9.17) is 23.2 Å². The van der Waals surface area contributed by atoms with Crippen LogP contribution in [0.3, 0.4) is 0 Å². The number of carbonyl (C=O) groups excluding carboxylic acids is 2. The minimum atomic E-state index is -3.84. The molecule has 0 radical (unpaired) electrons. The molecule has 0 aliphatic carbocycles. The number of amides is 2. The number of nitrogens with one attached hydrogen (secondary N) is 1. The molecule has 2 amide bonds. The predicted octanol–water partition coefficient (Wildman–Crippen LogP) is 2.92. The first-order valence-corrected chi connectivity index (χ1v) is 11.6. The summed E-state index contributed by atoms with van der Waals surface area (Å²) in [4.78, 5) is 26.7. The van der Waals surface area contributed by atoms with Crippen molar-refractivity contribution in [3.8, 4) is 0 Å². The predicted molar refractivity (Wildman–Crippen MR) is 119 cm³/mol. The van der Waals surface area contributed by atoms with Gasteiger partial charge in [-0.3, -0.25) is 13.9 Å². The topological polar surface area (TPSA) is 86.8 Å². The molecule has 0 saturated heterocycles. The second-order valence-corrected chi connectivity index (χ2v) is 9.47. The average Bonchev–Trinajstić information content (AvgIpc) is 2.68. The zero-order valence-corrected chi connectivity index (χ0v) is 19.1. The van der Waals surface area contributed by atoms with Gasteiger partial charge < -0.3 is 10.2 Å². The van der Waals surface area contributed by atoms with Crippen molar-refractivity contribution < 1.29 is 18.0 Å². The average molecular weight is 472 g/mol. The van der Waals surface area contributed by atoms with Gasteiger partial charge in [-0.25, -0.2) is 8.42 Å². The number of rotatable bonds is 8. The molecular formula is C20H23Cl2N3O4S. The fourth-order valence-electron chi connectivity index (χ4n) is 2.87. The molecule has 2 aromatic rings. The minimum Gasteiger partial charge on any atom is -0.357 e. The Morgan fingerprint density at radius 1 is 1.07 bits per heavy atom. The van der Waals surface area contributed by atoms with Crippen molar-refractivity contribution >= 4 is 50.7 Å². The SMILES string of the molecule is CNC(=O)[C@H](C)N(Cc1ccccc1)C(=O)CN(c1cc(Cl)cc(Cl)c1)S(C)(=O)=O. The van der Waals surface area contributed by atoms with Crippen LogP contribution < -0.4 is 9.62 Å². The first-order valence-electron chi connectivity index (χ1n) is 9.01. The summed E-state index contributed by atoms with van der Waals surface area (Å²) in [5, 5.41) is 2.99. The van der Waals surface area contributed by atoms with Gasteiger partial charge >= 0.3 is 0 Å². The third-order valence-corrected chi connectivity index (χ3v) is 6.00. The van der Waals surface area contributed by atoms with E-state index in [1.165, 1.54) is 30.1 Å². The lowest BCUT2D eigenvalue weighted by Gasteiger charge is -2.31. The van der Waals surface area contributed by atoms with Crippen LogP contribution in [0.15, 0.2) is 48.5 Å². The Kier molecular flexibility index (Phi) is 8.11. The van der Waals surface area contributed by atoms with E-state index in [2.05, 4.69) is 5.32 Å². The van der Waals surface area contributed by atoms with Crippen LogP contribution in [0.5, 0.6) is 0 Å². The Balaban J connectivity index is 2.39. The van der Waals surface area contributed by atoms with Crippen LogP contribution in [-0.4, -0.2) is 51.0 Å². The highest BCUT2D eigenvalue weighted by atomic mass is 35.5. The molecule has 2 rings (SSSR count). The van der Waals surface area contributed by atoms with E-state index >= 15 is 0 Å². The Morgan fingerprint density at radius 2 is 1.63 bits per heavy atom. The molecule has 10 heteroatoms. The largest absolute Gasteiger partial charge is 0.357 e. The van der Waals surface area contributed by atoms with Gasteiger partial charge in [-0.2, -0.15) is 0 Å². The molecule has 30 heavy (non-hydrogen) atoms. The van der Waals surface area contributed by atoms with Crippen LogP contribution in [0.25, 0.3) is 0 Å². The van der Waals surface area contributed by atoms with Crippen LogP contribution >= 0.6 is 23.2 Å². The fraction of sp³-hybridized carbons (Fsp3) is 0.300. The van der Waals surface area contributed by atoms with Gasteiger partial charge in [-0.1, -0.05) is 53.5 Å². The fourth-order valence-corrected chi connectivity index (χ4v) is 4.22. The molecule has 0 aliphatic rings. The van der Waals surface area contributed by atoms with Gasteiger partial charge in [-0.05, 0) is 30.7 Å². The van der Waals surface area contributed by atoms with Crippen LogP contribution in [0.1, 0.15) is 12.5 Å². The summed E-state index contributed by atoms with van der Waals surface area (Å²) in [6.45, 7) is 1.21. The molecule has 0 aliphatic heterocycles. The Bertz CT molecular complexity index is 996. The van der Waals surface area contributed by atoms with Gasteiger partial charge in [0.2, 0.25) is 21.8 Å². The number of likely N-dealkylation sites (N-methyl/N-ethyl adjacent to an activating group) is 1. The molecule has 1 atom stereocenters. The first kappa shape index (κ1) is 24.0. The maximum absolute atomic E-state index is 13.2. The Morgan fingerprint density at radius 3 is 2.13 bits per heavy atom. The van der Waals surface area contributed by atoms with Crippen LogP contribution in [0.4, 0.5) is 5.69 Å². The van der Waals surface area contributed by atoms with E-state index in [0.29, 0.717) is 0 Å². The summed E-state index contributed by atoms with van der Waals surface area (Å²) < 4.78 is 25.8. The van der Waals surface area contributed by atoms with Crippen molar-refractivity contribution in [2.45, 2.75) is 19.5 Å². The summed E-state index contributed by atoms with van der Waals surface area (Å²) in [5.74, 6) is -0.910. The molecule has 162 valence electrons. The number of hydrogen-bond donors (Lipinski definition) is 1. The summed E-state index contributed by atoms with van der Waals surface area (Å²) in [6.07, 6.45) is 0.985. The molecule has 0 fully saturated rings. The Labute approximate surface area is 186 Å². The molecule has 0 heterocycles. The maximum atomic E-state index is 13.2. The standard InChI is InChI=1S/C20H23Cl2N3O4S/c1-14(20(27)23-2)24(12-15-7-5-4-6-8-15)19(26)13-25(30(3,28)29)18-10-16(21)9-17(22)11-18/h4-11,14H,12-13H2,1-3H3,(H,23,27)/t14-/m0/s1.